The number of hydrogen-bond donors (Lipinski definition) is 2. The van der Waals surface area contributed by atoms with Gasteiger partial charge in [0.1, 0.15) is 5.82 Å². The first-order valence-electron chi connectivity index (χ1n) is 7.19. The Hall–Kier alpha value is -0.940. The van der Waals surface area contributed by atoms with Crippen LogP contribution in [0.5, 0.6) is 0 Å². The lowest BCUT2D eigenvalue weighted by Crippen LogP contribution is -2.25. The molecule has 1 atom stereocenters. The van der Waals surface area contributed by atoms with Gasteiger partial charge in [0.25, 0.3) is 0 Å². The summed E-state index contributed by atoms with van der Waals surface area (Å²) in [5, 5.41) is 2.73. The average Bonchev–Trinajstić information content (AvgIpc) is 2.37. The molecule has 0 saturated heterocycles. The summed E-state index contributed by atoms with van der Waals surface area (Å²) in [6, 6.07) is 4.56. The van der Waals surface area contributed by atoms with Gasteiger partial charge in [-0.2, -0.15) is 0 Å². The third-order valence-electron chi connectivity index (χ3n) is 3.66. The number of nitrogens with one attached hydrogen (secondary N) is 1. The van der Waals surface area contributed by atoms with E-state index in [0.717, 1.165) is 12.8 Å². The van der Waals surface area contributed by atoms with Crippen LogP contribution in [0.4, 0.5) is 10.1 Å². The van der Waals surface area contributed by atoms with Crippen molar-refractivity contribution in [3.63, 3.8) is 0 Å². The van der Waals surface area contributed by atoms with Gasteiger partial charge in [-0.25, -0.2) is 4.39 Å². The molecule has 0 aliphatic carbocycles. The van der Waals surface area contributed by atoms with Crippen LogP contribution in [-0.4, -0.2) is 12.5 Å². The standard InChI is InChI=1S/C16H24BrFN2O/c1-16(2,3)11(8-9-19)4-7-15(21)20-12-5-6-13(17)14(18)10-12/h5-6,10-11H,4,7-9,19H2,1-3H3,(H,20,21). The number of carbonyl (C=O) groups excluding carboxylic acids is 1. The Morgan fingerprint density at radius 3 is 2.57 bits per heavy atom. The van der Waals surface area contributed by atoms with E-state index in [0.29, 0.717) is 29.0 Å². The first kappa shape index (κ1) is 18.1. The molecule has 0 radical (unpaired) electrons. The molecule has 21 heavy (non-hydrogen) atoms. The van der Waals surface area contributed by atoms with Gasteiger partial charge in [0.2, 0.25) is 5.91 Å². The number of nitrogens with two attached hydrogens (primary N) is 1. The Balaban J connectivity index is 2.54. The van der Waals surface area contributed by atoms with E-state index in [-0.39, 0.29) is 17.1 Å². The van der Waals surface area contributed by atoms with Crippen LogP contribution in [0.2, 0.25) is 0 Å². The topological polar surface area (TPSA) is 55.1 Å². The summed E-state index contributed by atoms with van der Waals surface area (Å²) < 4.78 is 13.8. The van der Waals surface area contributed by atoms with Gasteiger partial charge in [-0.15, -0.1) is 0 Å². The highest BCUT2D eigenvalue weighted by Gasteiger charge is 2.24. The second-order valence-electron chi connectivity index (χ2n) is 6.36. The van der Waals surface area contributed by atoms with E-state index in [1.165, 1.54) is 6.07 Å². The Bertz CT molecular complexity index is 486. The van der Waals surface area contributed by atoms with E-state index in [9.17, 15) is 9.18 Å². The zero-order valence-corrected chi connectivity index (χ0v) is 14.5. The van der Waals surface area contributed by atoms with Gasteiger partial charge in [0.15, 0.2) is 0 Å². The maximum Gasteiger partial charge on any atom is 0.224 e. The lowest BCUT2D eigenvalue weighted by Gasteiger charge is -2.30. The summed E-state index contributed by atoms with van der Waals surface area (Å²) in [6.07, 6.45) is 2.11. The Morgan fingerprint density at radius 2 is 2.05 bits per heavy atom. The number of amides is 1. The van der Waals surface area contributed by atoms with Crippen molar-refractivity contribution in [2.75, 3.05) is 11.9 Å². The summed E-state index contributed by atoms with van der Waals surface area (Å²) in [4.78, 5) is 12.0. The third-order valence-corrected chi connectivity index (χ3v) is 4.31. The molecule has 0 aliphatic heterocycles. The minimum Gasteiger partial charge on any atom is -0.330 e. The Labute approximate surface area is 134 Å². The third kappa shape index (κ3) is 6.14. The highest BCUT2D eigenvalue weighted by atomic mass is 79.9. The molecule has 1 aromatic carbocycles. The highest BCUT2D eigenvalue weighted by molar-refractivity contribution is 9.10. The van der Waals surface area contributed by atoms with Gasteiger partial charge in [-0.3, -0.25) is 4.79 Å². The van der Waals surface area contributed by atoms with Crippen molar-refractivity contribution in [3.05, 3.63) is 28.5 Å². The summed E-state index contributed by atoms with van der Waals surface area (Å²) in [5.74, 6) is -0.0820. The Morgan fingerprint density at radius 1 is 1.38 bits per heavy atom. The largest absolute Gasteiger partial charge is 0.330 e. The molecule has 1 amide bonds. The van der Waals surface area contributed by atoms with Crippen molar-refractivity contribution in [1.29, 1.82) is 0 Å². The van der Waals surface area contributed by atoms with E-state index in [1.807, 2.05) is 0 Å². The lowest BCUT2D eigenvalue weighted by atomic mass is 9.76. The van der Waals surface area contributed by atoms with Gasteiger partial charge in [0.05, 0.1) is 4.47 Å². The van der Waals surface area contributed by atoms with Crippen LogP contribution in [0.25, 0.3) is 0 Å². The molecule has 0 aromatic heterocycles. The Kier molecular flexibility index (Phi) is 6.81. The van der Waals surface area contributed by atoms with Crippen molar-refractivity contribution in [3.8, 4) is 0 Å². The first-order valence-corrected chi connectivity index (χ1v) is 7.98. The van der Waals surface area contributed by atoms with Crippen molar-refractivity contribution in [2.45, 2.75) is 40.0 Å². The average molecular weight is 359 g/mol. The maximum absolute atomic E-state index is 13.4. The van der Waals surface area contributed by atoms with Crippen LogP contribution in [-0.2, 0) is 4.79 Å². The monoisotopic (exact) mass is 358 g/mol. The quantitative estimate of drug-likeness (QED) is 0.795. The summed E-state index contributed by atoms with van der Waals surface area (Å²) in [7, 11) is 0. The molecule has 3 N–H and O–H groups in total. The van der Waals surface area contributed by atoms with Crippen molar-refractivity contribution < 1.29 is 9.18 Å². The summed E-state index contributed by atoms with van der Waals surface area (Å²) in [6.45, 7) is 7.11. The first-order chi connectivity index (χ1) is 9.74. The molecule has 118 valence electrons. The second kappa shape index (κ2) is 7.90. The molecule has 1 rings (SSSR count). The molecule has 3 nitrogen and oxygen atoms in total. The van der Waals surface area contributed by atoms with Gasteiger partial charge in [0, 0.05) is 12.1 Å². The molecule has 0 bridgehead atoms. The van der Waals surface area contributed by atoms with Crippen molar-refractivity contribution in [1.82, 2.24) is 0 Å². The van der Waals surface area contributed by atoms with E-state index < -0.39 is 0 Å². The molecular formula is C16H24BrFN2O. The fourth-order valence-electron chi connectivity index (χ4n) is 2.31. The van der Waals surface area contributed by atoms with Crippen LogP contribution in [0.1, 0.15) is 40.0 Å². The molecule has 0 spiro atoms. The molecule has 0 heterocycles. The van der Waals surface area contributed by atoms with E-state index >= 15 is 0 Å². The predicted molar refractivity (Wildman–Crippen MR) is 88.6 cm³/mol. The number of hydrogen-bond acceptors (Lipinski definition) is 2. The SMILES string of the molecule is CC(C)(C)C(CCN)CCC(=O)Nc1ccc(Br)c(F)c1. The minimum atomic E-state index is -0.386. The zero-order chi connectivity index (χ0) is 16.0. The van der Waals surface area contributed by atoms with Gasteiger partial charge < -0.3 is 11.1 Å². The van der Waals surface area contributed by atoms with Gasteiger partial charge in [-0.1, -0.05) is 20.8 Å². The van der Waals surface area contributed by atoms with Gasteiger partial charge in [-0.05, 0) is 64.8 Å². The highest BCUT2D eigenvalue weighted by Crippen LogP contribution is 2.32. The number of carbonyl (C=O) groups is 1. The van der Waals surface area contributed by atoms with Crippen molar-refractivity contribution >= 4 is 27.5 Å². The van der Waals surface area contributed by atoms with Crippen LogP contribution in [0.15, 0.2) is 22.7 Å². The molecule has 1 unspecified atom stereocenters. The summed E-state index contributed by atoms with van der Waals surface area (Å²) in [5.41, 5.74) is 6.25. The van der Waals surface area contributed by atoms with Crippen LogP contribution in [0, 0.1) is 17.2 Å². The summed E-state index contributed by atoms with van der Waals surface area (Å²) >= 11 is 3.08. The van der Waals surface area contributed by atoms with E-state index in [1.54, 1.807) is 12.1 Å². The molecule has 1 aromatic rings. The molecule has 0 aliphatic rings. The predicted octanol–water partition coefficient (Wildman–Crippen LogP) is 4.32. The lowest BCUT2D eigenvalue weighted by molar-refractivity contribution is -0.116. The molecule has 0 saturated carbocycles. The van der Waals surface area contributed by atoms with Crippen LogP contribution in [0.3, 0.4) is 0 Å². The van der Waals surface area contributed by atoms with Crippen LogP contribution < -0.4 is 11.1 Å². The van der Waals surface area contributed by atoms with E-state index in [2.05, 4.69) is 42.0 Å². The maximum atomic E-state index is 13.4. The van der Waals surface area contributed by atoms with Crippen LogP contribution >= 0.6 is 15.9 Å². The molecular weight excluding hydrogens is 335 g/mol. The fraction of sp³-hybridized carbons (Fsp3) is 0.562. The molecule has 5 heteroatoms. The number of anilines is 1. The fourth-order valence-corrected chi connectivity index (χ4v) is 2.56. The zero-order valence-electron chi connectivity index (χ0n) is 12.9. The molecule has 0 fully saturated rings. The smallest absolute Gasteiger partial charge is 0.224 e. The minimum absolute atomic E-state index is 0.0945. The van der Waals surface area contributed by atoms with E-state index in [4.69, 9.17) is 5.73 Å². The number of rotatable bonds is 6. The van der Waals surface area contributed by atoms with Gasteiger partial charge >= 0.3 is 0 Å². The normalized spacial score (nSPS) is 13.0. The number of benzene rings is 1. The van der Waals surface area contributed by atoms with Crippen molar-refractivity contribution in [2.24, 2.45) is 17.1 Å². The second-order valence-corrected chi connectivity index (χ2v) is 7.21. The number of halogens is 2.